The number of aromatic nitrogens is 5. The molecule has 3 N–H and O–H groups in total. The van der Waals surface area contributed by atoms with Crippen LogP contribution in [-0.2, 0) is 6.42 Å². The van der Waals surface area contributed by atoms with E-state index in [9.17, 15) is 0 Å². The molecule has 0 aliphatic carbocycles. The van der Waals surface area contributed by atoms with Crippen LogP contribution in [0.1, 0.15) is 12.1 Å². The fourth-order valence-electron chi connectivity index (χ4n) is 1.25. The van der Waals surface area contributed by atoms with Crippen LogP contribution in [0.15, 0.2) is 18.5 Å². The van der Waals surface area contributed by atoms with Gasteiger partial charge in [-0.05, 0) is 25.5 Å². The number of hydrogen-bond donors (Lipinski definition) is 2. The summed E-state index contributed by atoms with van der Waals surface area (Å²) in [5, 5.41) is 10.2. The molecular weight excluding hydrogens is 192 g/mol. The third-order valence-corrected chi connectivity index (χ3v) is 1.99. The van der Waals surface area contributed by atoms with E-state index < -0.39 is 0 Å². The Balaban J connectivity index is 2.19. The first-order valence-electron chi connectivity index (χ1n) is 4.78. The van der Waals surface area contributed by atoms with Gasteiger partial charge < -0.3 is 5.73 Å². The van der Waals surface area contributed by atoms with Gasteiger partial charge in [0.15, 0.2) is 5.82 Å². The van der Waals surface area contributed by atoms with Crippen molar-refractivity contribution in [1.29, 1.82) is 0 Å². The molecule has 2 heterocycles. The summed E-state index contributed by atoms with van der Waals surface area (Å²) in [5.74, 6) is 0.596. The van der Waals surface area contributed by atoms with Gasteiger partial charge in [-0.25, -0.2) is 9.97 Å². The average Bonchev–Trinajstić information content (AvgIpc) is 2.80. The number of nitrogens with one attached hydrogen (secondary N) is 1. The zero-order valence-corrected chi connectivity index (χ0v) is 8.22. The monoisotopic (exact) mass is 204 g/mol. The van der Waals surface area contributed by atoms with Crippen LogP contribution in [0.4, 0.5) is 0 Å². The van der Waals surface area contributed by atoms with E-state index in [1.54, 1.807) is 12.4 Å². The quantitative estimate of drug-likeness (QED) is 0.739. The van der Waals surface area contributed by atoms with Gasteiger partial charge in [0.05, 0.1) is 6.20 Å². The van der Waals surface area contributed by atoms with Crippen molar-refractivity contribution in [1.82, 2.24) is 25.4 Å². The Morgan fingerprint density at radius 3 is 3.07 bits per heavy atom. The third-order valence-electron chi connectivity index (χ3n) is 1.99. The summed E-state index contributed by atoms with van der Waals surface area (Å²) in [5.41, 5.74) is 7.08. The maximum atomic E-state index is 5.44. The molecule has 0 radical (unpaired) electrons. The van der Waals surface area contributed by atoms with E-state index in [0.29, 0.717) is 18.1 Å². The minimum Gasteiger partial charge on any atom is -0.330 e. The topological polar surface area (TPSA) is 93.4 Å². The molecule has 0 aliphatic heterocycles. The van der Waals surface area contributed by atoms with Crippen LogP contribution < -0.4 is 5.73 Å². The Morgan fingerprint density at radius 1 is 1.40 bits per heavy atom. The second kappa shape index (κ2) is 4.61. The fraction of sp³-hybridized carbons (Fsp3) is 0.333. The van der Waals surface area contributed by atoms with Gasteiger partial charge in [0.2, 0.25) is 0 Å². The first-order chi connectivity index (χ1) is 7.40. The molecule has 0 spiro atoms. The molecule has 15 heavy (non-hydrogen) atoms. The molecule has 6 heteroatoms. The third kappa shape index (κ3) is 2.35. The summed E-state index contributed by atoms with van der Waals surface area (Å²) in [7, 11) is 0. The maximum Gasteiger partial charge on any atom is 0.181 e. The predicted molar refractivity (Wildman–Crippen MR) is 54.8 cm³/mol. The van der Waals surface area contributed by atoms with Crippen LogP contribution in [0.25, 0.3) is 11.5 Å². The van der Waals surface area contributed by atoms with E-state index in [1.807, 2.05) is 6.07 Å². The van der Waals surface area contributed by atoms with E-state index in [-0.39, 0.29) is 0 Å². The highest BCUT2D eigenvalue weighted by atomic mass is 15.3. The van der Waals surface area contributed by atoms with Crippen molar-refractivity contribution in [3.05, 3.63) is 24.2 Å². The minimum atomic E-state index is 0.596. The molecule has 0 saturated heterocycles. The highest BCUT2D eigenvalue weighted by molar-refractivity contribution is 5.45. The lowest BCUT2D eigenvalue weighted by atomic mass is 10.2. The van der Waals surface area contributed by atoms with Crippen molar-refractivity contribution in [3.8, 4) is 11.5 Å². The van der Waals surface area contributed by atoms with E-state index >= 15 is 0 Å². The lowest BCUT2D eigenvalue weighted by molar-refractivity contribution is 0.806. The van der Waals surface area contributed by atoms with Gasteiger partial charge >= 0.3 is 0 Å². The Kier molecular flexibility index (Phi) is 2.99. The van der Waals surface area contributed by atoms with Crippen LogP contribution in [0.5, 0.6) is 0 Å². The number of nitrogens with zero attached hydrogens (tertiary/aromatic N) is 4. The molecule has 2 aromatic heterocycles. The van der Waals surface area contributed by atoms with Crippen molar-refractivity contribution in [3.63, 3.8) is 0 Å². The van der Waals surface area contributed by atoms with Gasteiger partial charge in [0.1, 0.15) is 5.69 Å². The minimum absolute atomic E-state index is 0.596. The fourth-order valence-corrected chi connectivity index (χ4v) is 1.25. The van der Waals surface area contributed by atoms with Crippen LogP contribution in [0, 0.1) is 0 Å². The summed E-state index contributed by atoms with van der Waals surface area (Å²) < 4.78 is 0. The number of aryl methyl sites for hydroxylation is 1. The standard InChI is InChI=1S/C9H12N6/c10-4-1-2-7-3-5-11-9(13-7)8-6-12-15-14-8/h3,5-6H,1-2,4,10H2,(H,12,14,15). The molecule has 0 fully saturated rings. The highest BCUT2D eigenvalue weighted by Crippen LogP contribution is 2.09. The Labute approximate surface area is 86.9 Å². The van der Waals surface area contributed by atoms with Crippen LogP contribution in [-0.4, -0.2) is 31.9 Å². The zero-order chi connectivity index (χ0) is 10.5. The van der Waals surface area contributed by atoms with Crippen LogP contribution >= 0.6 is 0 Å². The first-order valence-corrected chi connectivity index (χ1v) is 4.78. The van der Waals surface area contributed by atoms with Gasteiger partial charge in [-0.3, -0.25) is 0 Å². The van der Waals surface area contributed by atoms with Gasteiger partial charge in [-0.15, -0.1) is 0 Å². The molecule has 0 bridgehead atoms. The molecule has 2 rings (SSSR count). The van der Waals surface area contributed by atoms with E-state index in [2.05, 4.69) is 25.4 Å². The Bertz CT molecular complexity index is 410. The molecule has 0 amide bonds. The second-order valence-electron chi connectivity index (χ2n) is 3.12. The van der Waals surface area contributed by atoms with Gasteiger partial charge in [-0.2, -0.15) is 15.4 Å². The van der Waals surface area contributed by atoms with Crippen molar-refractivity contribution in [2.24, 2.45) is 5.73 Å². The summed E-state index contributed by atoms with van der Waals surface area (Å²) in [4.78, 5) is 8.49. The molecule has 78 valence electrons. The normalized spacial score (nSPS) is 10.5. The molecule has 0 atom stereocenters. The first kappa shape index (κ1) is 9.72. The number of H-pyrrole nitrogens is 1. The second-order valence-corrected chi connectivity index (χ2v) is 3.12. The molecular formula is C9H12N6. The number of nitrogens with two attached hydrogens (primary N) is 1. The van der Waals surface area contributed by atoms with E-state index in [0.717, 1.165) is 18.5 Å². The average molecular weight is 204 g/mol. The summed E-state index contributed by atoms with van der Waals surface area (Å²) in [6.45, 7) is 0.670. The lowest BCUT2D eigenvalue weighted by Gasteiger charge is -2.00. The van der Waals surface area contributed by atoms with Crippen molar-refractivity contribution < 1.29 is 0 Å². The molecule has 0 saturated carbocycles. The van der Waals surface area contributed by atoms with E-state index in [1.165, 1.54) is 0 Å². The number of aromatic amines is 1. The van der Waals surface area contributed by atoms with Crippen molar-refractivity contribution >= 4 is 0 Å². The predicted octanol–water partition coefficient (Wildman–Crippen LogP) is 0.153. The molecule has 0 aromatic carbocycles. The van der Waals surface area contributed by atoms with Gasteiger partial charge in [0.25, 0.3) is 0 Å². The van der Waals surface area contributed by atoms with E-state index in [4.69, 9.17) is 5.73 Å². The maximum absolute atomic E-state index is 5.44. The summed E-state index contributed by atoms with van der Waals surface area (Å²) >= 11 is 0. The zero-order valence-electron chi connectivity index (χ0n) is 8.22. The molecule has 0 unspecified atom stereocenters. The smallest absolute Gasteiger partial charge is 0.181 e. The van der Waals surface area contributed by atoms with Crippen LogP contribution in [0.3, 0.4) is 0 Å². The molecule has 0 aliphatic rings. The number of hydrogen-bond acceptors (Lipinski definition) is 5. The molecule has 2 aromatic rings. The summed E-state index contributed by atoms with van der Waals surface area (Å²) in [6.07, 6.45) is 5.12. The van der Waals surface area contributed by atoms with Gasteiger partial charge in [0, 0.05) is 11.9 Å². The largest absolute Gasteiger partial charge is 0.330 e. The van der Waals surface area contributed by atoms with Crippen LogP contribution in [0.2, 0.25) is 0 Å². The summed E-state index contributed by atoms with van der Waals surface area (Å²) in [6, 6.07) is 1.89. The van der Waals surface area contributed by atoms with Crippen molar-refractivity contribution in [2.45, 2.75) is 12.8 Å². The highest BCUT2D eigenvalue weighted by Gasteiger charge is 2.04. The lowest BCUT2D eigenvalue weighted by Crippen LogP contribution is -2.02. The van der Waals surface area contributed by atoms with Gasteiger partial charge in [-0.1, -0.05) is 0 Å². The Hall–Kier alpha value is -1.82. The number of rotatable bonds is 4. The Morgan fingerprint density at radius 2 is 2.33 bits per heavy atom. The SMILES string of the molecule is NCCCc1ccnc(-c2cn[nH]n2)n1. The molecule has 6 nitrogen and oxygen atoms in total. The van der Waals surface area contributed by atoms with Crippen molar-refractivity contribution in [2.75, 3.05) is 6.54 Å².